The van der Waals surface area contributed by atoms with Crippen molar-refractivity contribution in [3.8, 4) is 0 Å². The third-order valence-electron chi connectivity index (χ3n) is 4.02. The number of non-ortho nitro benzene ring substituents is 1. The van der Waals surface area contributed by atoms with E-state index in [1.165, 1.54) is 34.7 Å². The molecule has 0 amide bonds. The van der Waals surface area contributed by atoms with Crippen molar-refractivity contribution in [3.63, 3.8) is 0 Å². The van der Waals surface area contributed by atoms with Gasteiger partial charge in [0.15, 0.2) is 0 Å². The average Bonchev–Trinajstić information content (AvgIpc) is 2.57. The lowest BCUT2D eigenvalue weighted by atomic mass is 10.0. The van der Waals surface area contributed by atoms with Gasteiger partial charge in [0, 0.05) is 12.1 Å². The molecule has 3 aromatic rings. The van der Waals surface area contributed by atoms with Crippen LogP contribution in [-0.4, -0.2) is 14.5 Å². The number of hydrogen-bond acceptors (Lipinski definition) is 4. The number of hydrogen-bond donors (Lipinski definition) is 0. The zero-order valence-electron chi connectivity index (χ0n) is 13.5. The van der Waals surface area contributed by atoms with E-state index < -0.39 is 4.92 Å². The van der Waals surface area contributed by atoms with Crippen LogP contribution in [0.15, 0.2) is 53.6 Å². The number of rotatable bonds is 4. The topological polar surface area (TPSA) is 78.0 Å². The van der Waals surface area contributed by atoms with Crippen LogP contribution >= 0.6 is 0 Å². The highest BCUT2D eigenvalue weighted by atomic mass is 16.6. The normalized spacial score (nSPS) is 11.1. The standard InChI is InChI=1S/C18H17N3O3/c1-12(2)14-5-3-13(4-6-14)10-20-11-19-17-9-15(21(23)24)7-8-16(17)18(20)22/h3-9,11-12H,10H2,1-2H3. The van der Waals surface area contributed by atoms with Crippen LogP contribution < -0.4 is 5.56 Å². The summed E-state index contributed by atoms with van der Waals surface area (Å²) in [4.78, 5) is 27.0. The minimum atomic E-state index is -0.497. The van der Waals surface area contributed by atoms with E-state index in [4.69, 9.17) is 0 Å². The van der Waals surface area contributed by atoms with Crippen molar-refractivity contribution in [1.29, 1.82) is 0 Å². The highest BCUT2D eigenvalue weighted by Crippen LogP contribution is 2.17. The van der Waals surface area contributed by atoms with Crippen molar-refractivity contribution < 1.29 is 4.92 Å². The van der Waals surface area contributed by atoms with E-state index in [-0.39, 0.29) is 11.2 Å². The fourth-order valence-corrected chi connectivity index (χ4v) is 2.58. The van der Waals surface area contributed by atoms with E-state index in [9.17, 15) is 14.9 Å². The fraction of sp³-hybridized carbons (Fsp3) is 0.222. The minimum absolute atomic E-state index is 0.0728. The van der Waals surface area contributed by atoms with Gasteiger partial charge in [-0.05, 0) is 23.1 Å². The van der Waals surface area contributed by atoms with Gasteiger partial charge in [-0.15, -0.1) is 0 Å². The van der Waals surface area contributed by atoms with E-state index in [0.29, 0.717) is 23.4 Å². The molecule has 6 heteroatoms. The summed E-state index contributed by atoms with van der Waals surface area (Å²) in [6.07, 6.45) is 1.44. The molecule has 0 spiro atoms. The van der Waals surface area contributed by atoms with Crippen molar-refractivity contribution in [1.82, 2.24) is 9.55 Å². The number of nitro groups is 1. The van der Waals surface area contributed by atoms with Crippen LogP contribution in [0.4, 0.5) is 5.69 Å². The van der Waals surface area contributed by atoms with Gasteiger partial charge in [-0.25, -0.2) is 4.98 Å². The molecule has 0 saturated carbocycles. The Balaban J connectivity index is 1.95. The summed E-state index contributed by atoms with van der Waals surface area (Å²) in [5, 5.41) is 11.2. The van der Waals surface area contributed by atoms with Crippen LogP contribution in [0.5, 0.6) is 0 Å². The molecule has 0 aliphatic carbocycles. The van der Waals surface area contributed by atoms with Crippen LogP contribution in [0.25, 0.3) is 10.9 Å². The Labute approximate surface area is 138 Å². The lowest BCUT2D eigenvalue weighted by Gasteiger charge is -2.09. The fourth-order valence-electron chi connectivity index (χ4n) is 2.58. The first kappa shape index (κ1) is 15.9. The molecular formula is C18H17N3O3. The molecule has 2 aromatic carbocycles. The molecule has 3 rings (SSSR count). The Bertz CT molecular complexity index is 959. The summed E-state index contributed by atoms with van der Waals surface area (Å²) in [7, 11) is 0. The molecule has 0 unspecified atom stereocenters. The van der Waals surface area contributed by atoms with Crippen LogP contribution in [0.1, 0.15) is 30.9 Å². The quantitative estimate of drug-likeness (QED) is 0.544. The lowest BCUT2D eigenvalue weighted by Crippen LogP contribution is -2.21. The Hall–Kier alpha value is -3.02. The molecule has 1 heterocycles. The van der Waals surface area contributed by atoms with Gasteiger partial charge in [-0.1, -0.05) is 38.1 Å². The van der Waals surface area contributed by atoms with Crippen LogP contribution in [0.2, 0.25) is 0 Å². The average molecular weight is 323 g/mol. The third kappa shape index (κ3) is 3.03. The highest BCUT2D eigenvalue weighted by molar-refractivity contribution is 5.79. The van der Waals surface area contributed by atoms with Gasteiger partial charge in [0.1, 0.15) is 0 Å². The smallest absolute Gasteiger partial charge is 0.271 e. The van der Waals surface area contributed by atoms with Crippen molar-refractivity contribution in [2.24, 2.45) is 0 Å². The van der Waals surface area contributed by atoms with Gasteiger partial charge in [-0.3, -0.25) is 19.5 Å². The minimum Gasteiger partial charge on any atom is -0.294 e. The Kier molecular flexibility index (Phi) is 4.12. The van der Waals surface area contributed by atoms with Crippen LogP contribution in [0.3, 0.4) is 0 Å². The van der Waals surface area contributed by atoms with E-state index in [0.717, 1.165) is 5.56 Å². The SMILES string of the molecule is CC(C)c1ccc(Cn2cnc3cc([N+](=O)[O-])ccc3c2=O)cc1. The van der Waals surface area contributed by atoms with Crippen LogP contribution in [-0.2, 0) is 6.54 Å². The maximum atomic E-state index is 12.5. The first-order valence-corrected chi connectivity index (χ1v) is 7.68. The molecule has 24 heavy (non-hydrogen) atoms. The lowest BCUT2D eigenvalue weighted by molar-refractivity contribution is -0.384. The summed E-state index contributed by atoms with van der Waals surface area (Å²) in [6.45, 7) is 4.68. The monoisotopic (exact) mass is 323 g/mol. The molecule has 122 valence electrons. The van der Waals surface area contributed by atoms with Gasteiger partial charge in [0.2, 0.25) is 0 Å². The van der Waals surface area contributed by atoms with Crippen molar-refractivity contribution in [2.75, 3.05) is 0 Å². The molecule has 0 radical (unpaired) electrons. The number of fused-ring (bicyclic) bond motifs is 1. The second kappa shape index (κ2) is 6.23. The largest absolute Gasteiger partial charge is 0.294 e. The summed E-state index contributed by atoms with van der Waals surface area (Å²) in [5.41, 5.74) is 2.31. The number of nitrogens with zero attached hydrogens (tertiary/aromatic N) is 3. The Morgan fingerprint density at radius 3 is 2.50 bits per heavy atom. The van der Waals surface area contributed by atoms with Gasteiger partial charge in [0.25, 0.3) is 11.2 Å². The van der Waals surface area contributed by atoms with Crippen molar-refractivity contribution in [2.45, 2.75) is 26.3 Å². The second-order valence-electron chi connectivity index (χ2n) is 6.03. The highest BCUT2D eigenvalue weighted by Gasteiger charge is 2.10. The molecule has 0 atom stereocenters. The van der Waals surface area contributed by atoms with Crippen LogP contribution in [0, 0.1) is 10.1 Å². The predicted molar refractivity (Wildman–Crippen MR) is 92.3 cm³/mol. The first-order valence-electron chi connectivity index (χ1n) is 7.68. The summed E-state index contributed by atoms with van der Waals surface area (Å²) >= 11 is 0. The first-order chi connectivity index (χ1) is 11.5. The summed E-state index contributed by atoms with van der Waals surface area (Å²) in [6, 6.07) is 12.2. The zero-order chi connectivity index (χ0) is 17.3. The zero-order valence-corrected chi connectivity index (χ0v) is 13.5. The molecule has 1 aromatic heterocycles. The molecule has 0 saturated heterocycles. The molecule has 0 N–H and O–H groups in total. The molecule has 6 nitrogen and oxygen atoms in total. The number of benzene rings is 2. The molecule has 0 fully saturated rings. The van der Waals surface area contributed by atoms with E-state index in [2.05, 4.69) is 31.0 Å². The van der Waals surface area contributed by atoms with Gasteiger partial charge in [-0.2, -0.15) is 0 Å². The second-order valence-corrected chi connectivity index (χ2v) is 6.03. The van der Waals surface area contributed by atoms with E-state index in [1.807, 2.05) is 12.1 Å². The van der Waals surface area contributed by atoms with Crippen molar-refractivity contribution in [3.05, 3.63) is 80.4 Å². The summed E-state index contributed by atoms with van der Waals surface area (Å²) < 4.78 is 1.51. The predicted octanol–water partition coefficient (Wildman–Crippen LogP) is 3.48. The Morgan fingerprint density at radius 1 is 1.17 bits per heavy atom. The molecule has 0 aliphatic rings. The van der Waals surface area contributed by atoms with Gasteiger partial charge in [0.05, 0.1) is 28.7 Å². The van der Waals surface area contributed by atoms with Gasteiger partial charge >= 0.3 is 0 Å². The third-order valence-corrected chi connectivity index (χ3v) is 4.02. The van der Waals surface area contributed by atoms with E-state index in [1.54, 1.807) is 0 Å². The number of aromatic nitrogens is 2. The number of nitro benzene ring substituents is 1. The van der Waals surface area contributed by atoms with Crippen molar-refractivity contribution >= 4 is 16.6 Å². The molecule has 0 aliphatic heterocycles. The maximum Gasteiger partial charge on any atom is 0.271 e. The summed E-state index contributed by atoms with van der Waals surface area (Å²) in [5.74, 6) is 0.458. The Morgan fingerprint density at radius 2 is 1.88 bits per heavy atom. The van der Waals surface area contributed by atoms with E-state index >= 15 is 0 Å². The van der Waals surface area contributed by atoms with Gasteiger partial charge < -0.3 is 0 Å². The maximum absolute atomic E-state index is 12.5. The molecule has 0 bridgehead atoms. The molecular weight excluding hydrogens is 306 g/mol.